The molecule has 1 amide bonds. The summed E-state index contributed by atoms with van der Waals surface area (Å²) in [6.07, 6.45) is 1.48. The van der Waals surface area contributed by atoms with E-state index < -0.39 is 5.91 Å². The van der Waals surface area contributed by atoms with Gasteiger partial charge in [-0.3, -0.25) is 9.59 Å². The number of hydrogen-bond donors (Lipinski definition) is 1. The molecule has 0 bridgehead atoms. The lowest BCUT2D eigenvalue weighted by atomic mass is 10.1. The fourth-order valence-electron chi connectivity index (χ4n) is 3.47. The first-order valence-corrected chi connectivity index (χ1v) is 10.2. The van der Waals surface area contributed by atoms with Gasteiger partial charge in [-0.15, -0.1) is 0 Å². The van der Waals surface area contributed by atoms with Gasteiger partial charge in [0.25, 0.3) is 5.91 Å². The minimum atomic E-state index is -0.417. The van der Waals surface area contributed by atoms with Crippen molar-refractivity contribution < 1.29 is 23.1 Å². The number of ether oxygens (including phenoxy) is 2. The second-order valence-corrected chi connectivity index (χ2v) is 7.32. The van der Waals surface area contributed by atoms with Crippen LogP contribution in [-0.4, -0.2) is 19.1 Å². The average Bonchev–Trinajstić information content (AvgIpc) is 3.30. The first kappa shape index (κ1) is 21.2. The molecule has 4 rings (SSSR count). The molecule has 0 fully saturated rings. The van der Waals surface area contributed by atoms with Gasteiger partial charge in [-0.05, 0) is 74.4 Å². The summed E-state index contributed by atoms with van der Waals surface area (Å²) in [4.78, 5) is 25.7. The van der Waals surface area contributed by atoms with E-state index in [4.69, 9.17) is 18.3 Å². The van der Waals surface area contributed by atoms with Crippen LogP contribution in [0.4, 0.5) is 5.69 Å². The number of aryl methyl sites for hydroxylation is 2. The van der Waals surface area contributed by atoms with Crippen molar-refractivity contribution in [1.29, 1.82) is 0 Å². The van der Waals surface area contributed by atoms with Crippen molar-refractivity contribution in [3.8, 4) is 23.0 Å². The number of amides is 1. The van der Waals surface area contributed by atoms with Gasteiger partial charge in [0.1, 0.15) is 11.3 Å². The predicted molar refractivity (Wildman–Crippen MR) is 121 cm³/mol. The zero-order valence-corrected chi connectivity index (χ0v) is 18.1. The Labute approximate surface area is 184 Å². The minimum Gasteiger partial charge on any atom is -0.494 e. The second-order valence-electron chi connectivity index (χ2n) is 7.32. The maximum atomic E-state index is 13.2. The van der Waals surface area contributed by atoms with Crippen molar-refractivity contribution in [1.82, 2.24) is 0 Å². The number of fused-ring (bicyclic) bond motifs is 1. The molecular weight excluding hydrogens is 410 g/mol. The van der Waals surface area contributed by atoms with E-state index in [0.717, 1.165) is 11.1 Å². The number of furan rings is 1. The molecule has 2 aromatic carbocycles. The van der Waals surface area contributed by atoms with E-state index in [1.807, 2.05) is 26.8 Å². The zero-order chi connectivity index (χ0) is 22.7. The van der Waals surface area contributed by atoms with Crippen LogP contribution >= 0.6 is 0 Å². The number of carbonyl (C=O) groups is 1. The van der Waals surface area contributed by atoms with Crippen molar-refractivity contribution in [3.63, 3.8) is 0 Å². The van der Waals surface area contributed by atoms with E-state index in [-0.39, 0.29) is 23.5 Å². The van der Waals surface area contributed by atoms with Gasteiger partial charge in [0.15, 0.2) is 12.4 Å². The molecule has 0 saturated carbocycles. The van der Waals surface area contributed by atoms with E-state index in [0.29, 0.717) is 34.8 Å². The molecule has 32 heavy (non-hydrogen) atoms. The molecule has 0 saturated heterocycles. The van der Waals surface area contributed by atoms with Crippen molar-refractivity contribution >= 4 is 22.6 Å². The number of nitrogens with one attached hydrogen (secondary N) is 1. The van der Waals surface area contributed by atoms with Gasteiger partial charge in [0.2, 0.25) is 16.9 Å². The lowest BCUT2D eigenvalue weighted by molar-refractivity contribution is -0.118. The molecule has 0 aliphatic rings. The quantitative estimate of drug-likeness (QED) is 0.437. The maximum absolute atomic E-state index is 13.2. The van der Waals surface area contributed by atoms with Crippen LogP contribution in [0.3, 0.4) is 0 Å². The number of anilines is 1. The molecule has 0 unspecified atom stereocenters. The van der Waals surface area contributed by atoms with Crippen LogP contribution < -0.4 is 20.2 Å². The normalized spacial score (nSPS) is 10.8. The topological polar surface area (TPSA) is 90.9 Å². The highest BCUT2D eigenvalue weighted by Crippen LogP contribution is 2.32. The van der Waals surface area contributed by atoms with Crippen molar-refractivity contribution in [2.75, 3.05) is 18.5 Å². The molecule has 164 valence electrons. The van der Waals surface area contributed by atoms with Crippen LogP contribution in [0.2, 0.25) is 0 Å². The lowest BCUT2D eigenvalue weighted by Crippen LogP contribution is -2.22. The first-order chi connectivity index (χ1) is 15.5. The van der Waals surface area contributed by atoms with Gasteiger partial charge in [0.05, 0.1) is 18.3 Å². The summed E-state index contributed by atoms with van der Waals surface area (Å²) >= 11 is 0. The predicted octanol–water partition coefficient (Wildman–Crippen LogP) is 5.09. The molecule has 2 aromatic heterocycles. The standard InChI is InChI=1S/C25H23NO6/c1-4-29-18-9-7-17(8-10-18)26-21(27)14-31-25-22(28)19-13-15(2)12-16(3)23(19)32-24(25)20-6-5-11-30-20/h5-13H,4,14H2,1-3H3,(H,26,27). The monoisotopic (exact) mass is 433 g/mol. The molecule has 0 spiro atoms. The summed E-state index contributed by atoms with van der Waals surface area (Å²) in [5, 5.41) is 3.12. The third-order valence-electron chi connectivity index (χ3n) is 4.82. The van der Waals surface area contributed by atoms with Gasteiger partial charge in [0, 0.05) is 5.69 Å². The molecule has 7 nitrogen and oxygen atoms in total. The summed E-state index contributed by atoms with van der Waals surface area (Å²) in [6.45, 7) is 5.86. The molecule has 0 atom stereocenters. The van der Waals surface area contributed by atoms with Gasteiger partial charge in [-0.25, -0.2) is 0 Å². The van der Waals surface area contributed by atoms with Crippen LogP contribution in [-0.2, 0) is 4.79 Å². The molecule has 0 radical (unpaired) electrons. The van der Waals surface area contributed by atoms with Crippen LogP contribution in [0.5, 0.6) is 11.5 Å². The van der Waals surface area contributed by atoms with Gasteiger partial charge in [-0.2, -0.15) is 0 Å². The smallest absolute Gasteiger partial charge is 0.262 e. The molecule has 1 N–H and O–H groups in total. The van der Waals surface area contributed by atoms with Crippen LogP contribution in [0, 0.1) is 13.8 Å². The third kappa shape index (κ3) is 4.37. The Kier molecular flexibility index (Phi) is 5.98. The van der Waals surface area contributed by atoms with Crippen LogP contribution in [0.1, 0.15) is 18.1 Å². The largest absolute Gasteiger partial charge is 0.494 e. The second kappa shape index (κ2) is 9.01. The summed E-state index contributed by atoms with van der Waals surface area (Å²) in [5.41, 5.74) is 2.43. The molecule has 0 aliphatic carbocycles. The zero-order valence-electron chi connectivity index (χ0n) is 18.1. The molecule has 2 heterocycles. The van der Waals surface area contributed by atoms with Gasteiger partial charge >= 0.3 is 0 Å². The number of hydrogen-bond acceptors (Lipinski definition) is 6. The summed E-state index contributed by atoms with van der Waals surface area (Å²) in [7, 11) is 0. The Hall–Kier alpha value is -4.00. The molecule has 4 aromatic rings. The molecule has 0 aliphatic heterocycles. The minimum absolute atomic E-state index is 0.0701. The number of carbonyl (C=O) groups excluding carboxylic acids is 1. The average molecular weight is 433 g/mol. The van der Waals surface area contributed by atoms with E-state index in [1.165, 1.54) is 6.26 Å². The Morgan fingerprint density at radius 2 is 1.84 bits per heavy atom. The Morgan fingerprint density at radius 1 is 1.06 bits per heavy atom. The fourth-order valence-corrected chi connectivity index (χ4v) is 3.47. The van der Waals surface area contributed by atoms with Crippen molar-refractivity contribution in [2.24, 2.45) is 0 Å². The molecule has 7 heteroatoms. The SMILES string of the molecule is CCOc1ccc(NC(=O)COc2c(-c3ccco3)oc3c(C)cc(C)cc3c2=O)cc1. The van der Waals surface area contributed by atoms with Crippen LogP contribution in [0.15, 0.2) is 68.4 Å². The Morgan fingerprint density at radius 3 is 2.53 bits per heavy atom. The first-order valence-electron chi connectivity index (χ1n) is 10.2. The Bertz CT molecular complexity index is 1300. The van der Waals surface area contributed by atoms with Crippen LogP contribution in [0.25, 0.3) is 22.5 Å². The third-order valence-corrected chi connectivity index (χ3v) is 4.82. The molecular formula is C25H23NO6. The summed E-state index contributed by atoms with van der Waals surface area (Å²) in [5.74, 6) is 0.710. The maximum Gasteiger partial charge on any atom is 0.262 e. The lowest BCUT2D eigenvalue weighted by Gasteiger charge is -2.12. The van der Waals surface area contributed by atoms with E-state index in [1.54, 1.807) is 42.5 Å². The Balaban J connectivity index is 1.61. The highest BCUT2D eigenvalue weighted by Gasteiger charge is 2.21. The number of rotatable bonds is 7. The van der Waals surface area contributed by atoms with Gasteiger partial charge < -0.3 is 23.6 Å². The van der Waals surface area contributed by atoms with Gasteiger partial charge in [-0.1, -0.05) is 6.07 Å². The van der Waals surface area contributed by atoms with Crippen molar-refractivity contribution in [2.45, 2.75) is 20.8 Å². The van der Waals surface area contributed by atoms with E-state index >= 15 is 0 Å². The fraction of sp³-hybridized carbons (Fsp3) is 0.200. The summed E-state index contributed by atoms with van der Waals surface area (Å²) < 4.78 is 22.5. The van der Waals surface area contributed by atoms with E-state index in [2.05, 4.69) is 5.32 Å². The highest BCUT2D eigenvalue weighted by atomic mass is 16.5. The summed E-state index contributed by atoms with van der Waals surface area (Å²) in [6, 6.07) is 14.0. The van der Waals surface area contributed by atoms with E-state index in [9.17, 15) is 9.59 Å². The van der Waals surface area contributed by atoms with Crippen molar-refractivity contribution in [3.05, 3.63) is 76.1 Å². The highest BCUT2D eigenvalue weighted by molar-refractivity contribution is 5.92. The number of benzene rings is 2.